The fraction of sp³-hybridized carbons (Fsp3) is 0.500. The SMILES string of the molecule is CCCC(NS(=O)(=O)c1sc(C)cc1Br)C(=O)O. The summed E-state index contributed by atoms with van der Waals surface area (Å²) in [5.41, 5.74) is 0. The second-order valence-corrected chi connectivity index (χ2v) is 7.81. The Morgan fingerprint density at radius 1 is 1.61 bits per heavy atom. The van der Waals surface area contributed by atoms with E-state index in [1.165, 1.54) is 0 Å². The van der Waals surface area contributed by atoms with Crippen molar-refractivity contribution in [3.8, 4) is 0 Å². The Kier molecular flexibility index (Phi) is 5.32. The van der Waals surface area contributed by atoms with Gasteiger partial charge < -0.3 is 5.11 Å². The predicted octanol–water partition coefficient (Wildman–Crippen LogP) is 2.35. The summed E-state index contributed by atoms with van der Waals surface area (Å²) < 4.78 is 26.9. The molecule has 1 rings (SSSR count). The van der Waals surface area contributed by atoms with Crippen LogP contribution in [-0.4, -0.2) is 25.5 Å². The number of hydrogen-bond acceptors (Lipinski definition) is 4. The number of hydrogen-bond donors (Lipinski definition) is 2. The molecule has 0 bridgehead atoms. The van der Waals surface area contributed by atoms with Gasteiger partial charge in [0.1, 0.15) is 10.3 Å². The minimum atomic E-state index is -3.80. The number of aliphatic carboxylic acids is 1. The van der Waals surface area contributed by atoms with Gasteiger partial charge in [0.25, 0.3) is 10.0 Å². The number of thiophene rings is 1. The molecule has 18 heavy (non-hydrogen) atoms. The van der Waals surface area contributed by atoms with Crippen LogP contribution in [0.4, 0.5) is 0 Å². The zero-order valence-electron chi connectivity index (χ0n) is 9.94. The van der Waals surface area contributed by atoms with Crippen LogP contribution in [-0.2, 0) is 14.8 Å². The van der Waals surface area contributed by atoms with Crippen LogP contribution in [0.2, 0.25) is 0 Å². The lowest BCUT2D eigenvalue weighted by Crippen LogP contribution is -2.40. The van der Waals surface area contributed by atoms with E-state index in [9.17, 15) is 13.2 Å². The van der Waals surface area contributed by atoms with E-state index in [1.54, 1.807) is 19.9 Å². The lowest BCUT2D eigenvalue weighted by molar-refractivity contribution is -0.139. The summed E-state index contributed by atoms with van der Waals surface area (Å²) in [4.78, 5) is 11.8. The van der Waals surface area contributed by atoms with Gasteiger partial charge in [0, 0.05) is 9.35 Å². The molecule has 0 aliphatic heterocycles. The molecule has 5 nitrogen and oxygen atoms in total. The molecule has 0 fully saturated rings. The van der Waals surface area contributed by atoms with Crippen LogP contribution in [0.5, 0.6) is 0 Å². The number of halogens is 1. The molecule has 0 radical (unpaired) electrons. The molecule has 1 unspecified atom stereocenters. The first-order chi connectivity index (χ1) is 8.27. The number of nitrogens with one attached hydrogen (secondary N) is 1. The van der Waals surface area contributed by atoms with Crippen LogP contribution in [0, 0.1) is 6.92 Å². The highest BCUT2D eigenvalue weighted by molar-refractivity contribution is 9.10. The van der Waals surface area contributed by atoms with E-state index < -0.39 is 22.0 Å². The summed E-state index contributed by atoms with van der Waals surface area (Å²) in [6.45, 7) is 3.59. The van der Waals surface area contributed by atoms with E-state index >= 15 is 0 Å². The van der Waals surface area contributed by atoms with Crippen molar-refractivity contribution >= 4 is 43.3 Å². The van der Waals surface area contributed by atoms with E-state index in [1.807, 2.05) is 0 Å². The Morgan fingerprint density at radius 2 is 2.22 bits per heavy atom. The van der Waals surface area contributed by atoms with Crippen LogP contribution in [0.25, 0.3) is 0 Å². The van der Waals surface area contributed by atoms with Gasteiger partial charge in [0.2, 0.25) is 0 Å². The van der Waals surface area contributed by atoms with Gasteiger partial charge in [-0.1, -0.05) is 13.3 Å². The summed E-state index contributed by atoms with van der Waals surface area (Å²) in [7, 11) is -3.80. The maximum Gasteiger partial charge on any atom is 0.321 e. The number of carboxylic acids is 1. The Labute approximate surface area is 118 Å². The third kappa shape index (κ3) is 3.78. The van der Waals surface area contributed by atoms with Gasteiger partial charge in [0.15, 0.2) is 0 Å². The average molecular weight is 356 g/mol. The maximum atomic E-state index is 12.1. The average Bonchev–Trinajstić information content (AvgIpc) is 2.57. The Bertz CT molecular complexity index is 538. The van der Waals surface area contributed by atoms with Crippen LogP contribution >= 0.6 is 27.3 Å². The molecule has 1 atom stereocenters. The standard InChI is InChI=1S/C10H14BrNO4S2/c1-3-4-8(9(13)14)12-18(15,16)10-7(11)5-6(2)17-10/h5,8,12H,3-4H2,1-2H3,(H,13,14). The van der Waals surface area contributed by atoms with Gasteiger partial charge in [-0.25, -0.2) is 8.42 Å². The lowest BCUT2D eigenvalue weighted by Gasteiger charge is -2.13. The van der Waals surface area contributed by atoms with Gasteiger partial charge >= 0.3 is 5.97 Å². The summed E-state index contributed by atoms with van der Waals surface area (Å²) in [5, 5.41) is 8.95. The molecule has 0 saturated heterocycles. The highest BCUT2D eigenvalue weighted by atomic mass is 79.9. The topological polar surface area (TPSA) is 83.5 Å². The van der Waals surface area contributed by atoms with Crippen molar-refractivity contribution < 1.29 is 18.3 Å². The van der Waals surface area contributed by atoms with Crippen molar-refractivity contribution in [2.24, 2.45) is 0 Å². The first kappa shape index (κ1) is 15.6. The minimum absolute atomic E-state index is 0.113. The first-order valence-electron chi connectivity index (χ1n) is 5.29. The molecule has 102 valence electrons. The third-order valence-electron chi connectivity index (χ3n) is 2.20. The van der Waals surface area contributed by atoms with Crippen molar-refractivity contribution in [3.05, 3.63) is 15.4 Å². The summed E-state index contributed by atoms with van der Waals surface area (Å²) in [6.07, 6.45) is 0.848. The Morgan fingerprint density at radius 3 is 2.61 bits per heavy atom. The minimum Gasteiger partial charge on any atom is -0.480 e. The number of aryl methyl sites for hydroxylation is 1. The third-order valence-corrected chi connectivity index (χ3v) is 6.40. The van der Waals surface area contributed by atoms with E-state index in [2.05, 4.69) is 20.7 Å². The molecule has 1 heterocycles. The molecular weight excluding hydrogens is 342 g/mol. The highest BCUT2D eigenvalue weighted by Crippen LogP contribution is 2.31. The van der Waals surface area contributed by atoms with Crippen molar-refractivity contribution in [1.29, 1.82) is 0 Å². The van der Waals surface area contributed by atoms with Crippen LogP contribution in [0.3, 0.4) is 0 Å². The van der Waals surface area contributed by atoms with Gasteiger partial charge in [-0.2, -0.15) is 4.72 Å². The molecule has 0 saturated carbocycles. The molecule has 8 heteroatoms. The zero-order chi connectivity index (χ0) is 13.9. The fourth-order valence-electron chi connectivity index (χ4n) is 1.41. The van der Waals surface area contributed by atoms with Gasteiger partial charge in [0.05, 0.1) is 0 Å². The zero-order valence-corrected chi connectivity index (χ0v) is 13.2. The molecule has 0 spiro atoms. The molecule has 1 aromatic heterocycles. The van der Waals surface area contributed by atoms with E-state index in [4.69, 9.17) is 5.11 Å². The Balaban J connectivity index is 3.00. The number of carbonyl (C=O) groups is 1. The molecular formula is C10H14BrNO4S2. The number of sulfonamides is 1. The van der Waals surface area contributed by atoms with E-state index in [0.717, 1.165) is 16.2 Å². The quantitative estimate of drug-likeness (QED) is 0.820. The Hall–Kier alpha value is -0.440. The molecule has 0 aliphatic rings. The normalized spacial score (nSPS) is 13.5. The van der Waals surface area contributed by atoms with Crippen molar-refractivity contribution in [3.63, 3.8) is 0 Å². The molecule has 1 aromatic rings. The number of carboxylic acid groups (broad SMARTS) is 1. The van der Waals surface area contributed by atoms with Crippen molar-refractivity contribution in [2.75, 3.05) is 0 Å². The smallest absolute Gasteiger partial charge is 0.321 e. The second kappa shape index (κ2) is 6.14. The fourth-order valence-corrected chi connectivity index (χ4v) is 5.40. The second-order valence-electron chi connectivity index (χ2n) is 3.79. The largest absolute Gasteiger partial charge is 0.480 e. The van der Waals surface area contributed by atoms with Crippen molar-refractivity contribution in [2.45, 2.75) is 36.9 Å². The van der Waals surface area contributed by atoms with Crippen LogP contribution in [0.15, 0.2) is 14.7 Å². The maximum absolute atomic E-state index is 12.1. The molecule has 0 aromatic carbocycles. The van der Waals surface area contributed by atoms with E-state index in [0.29, 0.717) is 10.9 Å². The highest BCUT2D eigenvalue weighted by Gasteiger charge is 2.27. The van der Waals surface area contributed by atoms with Gasteiger partial charge in [-0.3, -0.25) is 4.79 Å². The van der Waals surface area contributed by atoms with E-state index in [-0.39, 0.29) is 10.6 Å². The summed E-state index contributed by atoms with van der Waals surface area (Å²) in [5.74, 6) is -1.16. The number of rotatable bonds is 6. The summed E-state index contributed by atoms with van der Waals surface area (Å²) >= 11 is 4.27. The first-order valence-corrected chi connectivity index (χ1v) is 8.38. The molecule has 0 amide bonds. The monoisotopic (exact) mass is 355 g/mol. The van der Waals surface area contributed by atoms with Crippen molar-refractivity contribution in [1.82, 2.24) is 4.72 Å². The molecule has 2 N–H and O–H groups in total. The van der Waals surface area contributed by atoms with Gasteiger partial charge in [-0.15, -0.1) is 11.3 Å². The van der Waals surface area contributed by atoms with Crippen LogP contribution < -0.4 is 4.72 Å². The van der Waals surface area contributed by atoms with Crippen LogP contribution in [0.1, 0.15) is 24.6 Å². The summed E-state index contributed by atoms with van der Waals surface area (Å²) in [6, 6.07) is 0.601. The predicted molar refractivity (Wildman–Crippen MR) is 73.4 cm³/mol. The lowest BCUT2D eigenvalue weighted by atomic mass is 10.2. The van der Waals surface area contributed by atoms with Gasteiger partial charge in [-0.05, 0) is 35.3 Å². The molecule has 0 aliphatic carbocycles.